The van der Waals surface area contributed by atoms with E-state index >= 15 is 0 Å². The fourth-order valence-electron chi connectivity index (χ4n) is 0.843. The number of hydrogen-bond donors (Lipinski definition) is 1. The average Bonchev–Trinajstić information content (AvgIpc) is 2.10. The van der Waals surface area contributed by atoms with Gasteiger partial charge >= 0.3 is 0 Å². The van der Waals surface area contributed by atoms with Gasteiger partial charge in [0.1, 0.15) is 0 Å². The number of nitriles is 1. The van der Waals surface area contributed by atoms with Gasteiger partial charge in [-0.3, -0.25) is 0 Å². The molecule has 1 N–H and O–H groups in total. The van der Waals surface area contributed by atoms with Crippen LogP contribution in [-0.2, 0) is 4.74 Å². The van der Waals surface area contributed by atoms with Crippen molar-refractivity contribution in [3.8, 4) is 6.07 Å². The van der Waals surface area contributed by atoms with E-state index in [1.54, 1.807) is 7.11 Å². The summed E-state index contributed by atoms with van der Waals surface area (Å²) in [7, 11) is 1.71. The molecule has 1 atom stereocenters. The number of nitrogens with one attached hydrogen (secondary N) is 1. The third kappa shape index (κ3) is 7.52. The predicted octanol–water partition coefficient (Wildman–Crippen LogP) is 1.30. The lowest BCUT2D eigenvalue weighted by Crippen LogP contribution is -2.26. The number of hydrogen-bond acceptors (Lipinski definition) is 3. The van der Waals surface area contributed by atoms with Crippen LogP contribution in [0.5, 0.6) is 0 Å². The van der Waals surface area contributed by atoms with Gasteiger partial charge in [0.25, 0.3) is 0 Å². The predicted molar refractivity (Wildman–Crippen MR) is 48.8 cm³/mol. The number of nitrogens with zero attached hydrogens (tertiary/aromatic N) is 1. The van der Waals surface area contributed by atoms with Gasteiger partial charge in [0.05, 0.1) is 12.2 Å². The smallest absolute Gasteiger partial charge is 0.0667 e. The summed E-state index contributed by atoms with van der Waals surface area (Å²) in [5, 5.41) is 11.5. The maximum atomic E-state index is 8.26. The van der Waals surface area contributed by atoms with E-state index in [1.807, 2.05) is 6.92 Å². The van der Waals surface area contributed by atoms with Crippen LogP contribution in [0, 0.1) is 11.3 Å². The minimum atomic E-state index is 0.279. The van der Waals surface area contributed by atoms with E-state index in [0.29, 0.717) is 6.42 Å². The number of ether oxygens (including phenoxy) is 1. The van der Waals surface area contributed by atoms with E-state index in [-0.39, 0.29) is 6.10 Å². The first kappa shape index (κ1) is 11.4. The lowest BCUT2D eigenvalue weighted by Gasteiger charge is -2.09. The highest BCUT2D eigenvalue weighted by Gasteiger charge is 1.96. The third-order valence-electron chi connectivity index (χ3n) is 1.73. The van der Waals surface area contributed by atoms with Crippen molar-refractivity contribution in [3.05, 3.63) is 0 Å². The SMILES string of the molecule is COC(C)CNCCCCC#N. The zero-order valence-electron chi connectivity index (χ0n) is 7.97. The minimum Gasteiger partial charge on any atom is -0.380 e. The van der Waals surface area contributed by atoms with Gasteiger partial charge in [0, 0.05) is 20.1 Å². The standard InChI is InChI=1S/C9H18N2O/c1-9(12-2)8-11-7-5-3-4-6-10/h9,11H,3-5,7-8H2,1-2H3. The summed E-state index contributed by atoms with van der Waals surface area (Å²) in [5.41, 5.74) is 0. The van der Waals surface area contributed by atoms with Gasteiger partial charge < -0.3 is 10.1 Å². The molecule has 0 aromatic carbocycles. The van der Waals surface area contributed by atoms with Gasteiger partial charge in [-0.2, -0.15) is 5.26 Å². The fraction of sp³-hybridized carbons (Fsp3) is 0.889. The van der Waals surface area contributed by atoms with Crippen LogP contribution in [0.15, 0.2) is 0 Å². The summed E-state index contributed by atoms with van der Waals surface area (Å²) in [4.78, 5) is 0. The van der Waals surface area contributed by atoms with Crippen molar-refractivity contribution >= 4 is 0 Å². The molecule has 0 bridgehead atoms. The Labute approximate surface area is 74.7 Å². The van der Waals surface area contributed by atoms with Crippen molar-refractivity contribution in [3.63, 3.8) is 0 Å². The number of unbranched alkanes of at least 4 members (excludes halogenated alkanes) is 2. The highest BCUT2D eigenvalue weighted by molar-refractivity contribution is 4.68. The van der Waals surface area contributed by atoms with Crippen molar-refractivity contribution in [2.75, 3.05) is 20.2 Å². The summed E-state index contributed by atoms with van der Waals surface area (Å²) >= 11 is 0. The van der Waals surface area contributed by atoms with E-state index < -0.39 is 0 Å². The summed E-state index contributed by atoms with van der Waals surface area (Å²) in [6, 6.07) is 2.13. The van der Waals surface area contributed by atoms with Gasteiger partial charge in [-0.1, -0.05) is 0 Å². The van der Waals surface area contributed by atoms with E-state index in [9.17, 15) is 0 Å². The molecule has 0 fully saturated rings. The summed E-state index contributed by atoms with van der Waals surface area (Å²) < 4.78 is 5.06. The normalized spacial score (nSPS) is 12.4. The van der Waals surface area contributed by atoms with Gasteiger partial charge in [-0.15, -0.1) is 0 Å². The molecule has 0 spiro atoms. The molecule has 0 aromatic rings. The van der Waals surface area contributed by atoms with Crippen molar-refractivity contribution in [2.24, 2.45) is 0 Å². The zero-order valence-corrected chi connectivity index (χ0v) is 7.97. The maximum absolute atomic E-state index is 8.26. The van der Waals surface area contributed by atoms with Crippen LogP contribution < -0.4 is 5.32 Å². The van der Waals surface area contributed by atoms with Crippen molar-refractivity contribution in [1.82, 2.24) is 5.32 Å². The van der Waals surface area contributed by atoms with Crippen LogP contribution in [-0.4, -0.2) is 26.3 Å². The van der Waals surface area contributed by atoms with Crippen LogP contribution in [0.3, 0.4) is 0 Å². The number of methoxy groups -OCH3 is 1. The second-order valence-electron chi connectivity index (χ2n) is 2.87. The molecule has 0 aromatic heterocycles. The molecule has 0 heterocycles. The van der Waals surface area contributed by atoms with E-state index in [2.05, 4.69) is 11.4 Å². The largest absolute Gasteiger partial charge is 0.380 e. The molecule has 3 heteroatoms. The Kier molecular flexibility index (Phi) is 8.09. The molecule has 0 aliphatic heterocycles. The Morgan fingerprint density at radius 2 is 2.25 bits per heavy atom. The summed E-state index contributed by atoms with van der Waals surface area (Å²) in [5.74, 6) is 0. The molecule has 3 nitrogen and oxygen atoms in total. The molecule has 70 valence electrons. The fourth-order valence-corrected chi connectivity index (χ4v) is 0.843. The topological polar surface area (TPSA) is 45.0 Å². The van der Waals surface area contributed by atoms with Crippen molar-refractivity contribution in [1.29, 1.82) is 5.26 Å². The second-order valence-corrected chi connectivity index (χ2v) is 2.87. The average molecular weight is 170 g/mol. The molecule has 0 rings (SSSR count). The van der Waals surface area contributed by atoms with E-state index in [1.165, 1.54) is 0 Å². The van der Waals surface area contributed by atoms with Crippen LogP contribution >= 0.6 is 0 Å². The first-order chi connectivity index (χ1) is 5.81. The molecule has 0 radical (unpaired) electrons. The van der Waals surface area contributed by atoms with E-state index in [4.69, 9.17) is 10.00 Å². The molecule has 0 amide bonds. The first-order valence-electron chi connectivity index (χ1n) is 4.41. The third-order valence-corrected chi connectivity index (χ3v) is 1.73. The first-order valence-corrected chi connectivity index (χ1v) is 4.41. The molecule has 0 saturated carbocycles. The Hall–Kier alpha value is -0.590. The monoisotopic (exact) mass is 170 g/mol. The van der Waals surface area contributed by atoms with Crippen LogP contribution in [0.25, 0.3) is 0 Å². The van der Waals surface area contributed by atoms with E-state index in [0.717, 1.165) is 25.9 Å². The molecule has 0 aliphatic carbocycles. The molecule has 12 heavy (non-hydrogen) atoms. The summed E-state index contributed by atoms with van der Waals surface area (Å²) in [6.45, 7) is 3.90. The Bertz CT molecular complexity index is 131. The zero-order chi connectivity index (χ0) is 9.23. The Balaban J connectivity index is 2.96. The molecular formula is C9H18N2O. The van der Waals surface area contributed by atoms with Gasteiger partial charge in [-0.25, -0.2) is 0 Å². The quantitative estimate of drug-likeness (QED) is 0.586. The Morgan fingerprint density at radius 1 is 1.50 bits per heavy atom. The van der Waals surface area contributed by atoms with Gasteiger partial charge in [-0.05, 0) is 26.3 Å². The van der Waals surface area contributed by atoms with Gasteiger partial charge in [0.2, 0.25) is 0 Å². The van der Waals surface area contributed by atoms with Crippen LogP contribution in [0.4, 0.5) is 0 Å². The highest BCUT2D eigenvalue weighted by atomic mass is 16.5. The number of rotatable bonds is 7. The van der Waals surface area contributed by atoms with Gasteiger partial charge in [0.15, 0.2) is 0 Å². The minimum absolute atomic E-state index is 0.279. The van der Waals surface area contributed by atoms with Crippen LogP contribution in [0.2, 0.25) is 0 Å². The molecule has 0 aliphatic rings. The Morgan fingerprint density at radius 3 is 2.83 bits per heavy atom. The lowest BCUT2D eigenvalue weighted by molar-refractivity contribution is 0.117. The molecule has 0 saturated heterocycles. The molecular weight excluding hydrogens is 152 g/mol. The van der Waals surface area contributed by atoms with Crippen LogP contribution in [0.1, 0.15) is 26.2 Å². The van der Waals surface area contributed by atoms with Crippen molar-refractivity contribution in [2.45, 2.75) is 32.3 Å². The molecule has 1 unspecified atom stereocenters. The highest BCUT2D eigenvalue weighted by Crippen LogP contribution is 1.91. The van der Waals surface area contributed by atoms with Crippen molar-refractivity contribution < 1.29 is 4.74 Å². The summed E-state index contributed by atoms with van der Waals surface area (Å²) in [6.07, 6.45) is 3.01. The lowest BCUT2D eigenvalue weighted by atomic mass is 10.2. The second kappa shape index (κ2) is 8.51. The maximum Gasteiger partial charge on any atom is 0.0667 e.